The molecule has 0 bridgehead atoms. The summed E-state index contributed by atoms with van der Waals surface area (Å²) in [6.07, 6.45) is 4.73. The highest BCUT2D eigenvalue weighted by atomic mass is 16.3. The maximum atomic E-state index is 11.7. The van der Waals surface area contributed by atoms with Gasteiger partial charge in [-0.1, -0.05) is 0 Å². The van der Waals surface area contributed by atoms with Crippen molar-refractivity contribution in [2.75, 3.05) is 19.7 Å². The Labute approximate surface area is 84.5 Å². The Morgan fingerprint density at radius 2 is 2.21 bits per heavy atom. The van der Waals surface area contributed by atoms with E-state index in [1.807, 2.05) is 5.01 Å². The van der Waals surface area contributed by atoms with Crippen molar-refractivity contribution >= 4 is 5.91 Å². The average molecular weight is 198 g/mol. The summed E-state index contributed by atoms with van der Waals surface area (Å²) in [6, 6.07) is 0.474. The van der Waals surface area contributed by atoms with E-state index in [0.717, 1.165) is 38.8 Å². The molecule has 1 heterocycles. The lowest BCUT2D eigenvalue weighted by atomic mass is 10.2. The van der Waals surface area contributed by atoms with Gasteiger partial charge in [-0.2, -0.15) is 0 Å². The predicted molar refractivity (Wildman–Crippen MR) is 52.4 cm³/mol. The minimum atomic E-state index is 0.212. The van der Waals surface area contributed by atoms with E-state index in [-0.39, 0.29) is 12.5 Å². The Balaban J connectivity index is 1.93. The summed E-state index contributed by atoms with van der Waals surface area (Å²) in [4.78, 5) is 11.7. The number of aliphatic hydroxyl groups excluding tert-OH is 1. The van der Waals surface area contributed by atoms with Crippen LogP contribution in [-0.4, -0.2) is 46.8 Å². The Hall–Kier alpha value is -0.610. The molecule has 4 heteroatoms. The van der Waals surface area contributed by atoms with Gasteiger partial charge in [0.25, 0.3) is 0 Å². The maximum Gasteiger partial charge on any atom is 0.237 e. The second-order valence-corrected chi connectivity index (χ2v) is 4.10. The summed E-state index contributed by atoms with van der Waals surface area (Å²) < 4.78 is 0. The van der Waals surface area contributed by atoms with E-state index < -0.39 is 0 Å². The zero-order chi connectivity index (χ0) is 9.97. The molecule has 80 valence electrons. The van der Waals surface area contributed by atoms with Crippen LogP contribution in [-0.2, 0) is 4.79 Å². The molecule has 0 atom stereocenters. The van der Waals surface area contributed by atoms with Gasteiger partial charge in [0.1, 0.15) is 0 Å². The van der Waals surface area contributed by atoms with Crippen LogP contribution in [0.1, 0.15) is 32.1 Å². The van der Waals surface area contributed by atoms with Gasteiger partial charge in [-0.15, -0.1) is 0 Å². The molecule has 0 aromatic heterocycles. The molecule has 2 aliphatic rings. The summed E-state index contributed by atoms with van der Waals surface area (Å²) in [5.41, 5.74) is 0. The lowest BCUT2D eigenvalue weighted by molar-refractivity contribution is -0.157. The van der Waals surface area contributed by atoms with Crippen molar-refractivity contribution in [2.24, 2.45) is 0 Å². The molecular weight excluding hydrogens is 180 g/mol. The van der Waals surface area contributed by atoms with Crippen LogP contribution in [0.15, 0.2) is 0 Å². The quantitative estimate of drug-likeness (QED) is 0.710. The summed E-state index contributed by atoms with van der Waals surface area (Å²) in [7, 11) is 0. The minimum Gasteiger partial charge on any atom is -0.396 e. The third-order valence-corrected chi connectivity index (χ3v) is 2.83. The van der Waals surface area contributed by atoms with Crippen molar-refractivity contribution in [1.82, 2.24) is 10.0 Å². The monoisotopic (exact) mass is 198 g/mol. The number of carbonyl (C=O) groups excluding carboxylic acids is 1. The van der Waals surface area contributed by atoms with Crippen molar-refractivity contribution in [2.45, 2.75) is 38.1 Å². The molecule has 1 saturated carbocycles. The lowest BCUT2D eigenvalue weighted by Gasteiger charge is -2.38. The van der Waals surface area contributed by atoms with Gasteiger partial charge in [-0.05, 0) is 25.7 Å². The number of aliphatic hydroxyl groups is 1. The van der Waals surface area contributed by atoms with E-state index in [1.165, 1.54) is 0 Å². The summed E-state index contributed by atoms with van der Waals surface area (Å²) in [5, 5.41) is 12.8. The lowest BCUT2D eigenvalue weighted by Crippen LogP contribution is -2.52. The maximum absolute atomic E-state index is 11.7. The minimum absolute atomic E-state index is 0.212. The molecule has 0 aromatic rings. The number of carbonyl (C=O) groups is 1. The highest BCUT2D eigenvalue weighted by Gasteiger charge is 2.37. The fraction of sp³-hybridized carbons (Fsp3) is 0.900. The zero-order valence-corrected chi connectivity index (χ0v) is 8.48. The van der Waals surface area contributed by atoms with Gasteiger partial charge in [-0.25, -0.2) is 5.01 Å². The predicted octanol–water partition coefficient (Wildman–Crippen LogP) is 0.371. The van der Waals surface area contributed by atoms with Crippen molar-refractivity contribution < 1.29 is 9.90 Å². The molecule has 1 N–H and O–H groups in total. The topological polar surface area (TPSA) is 43.8 Å². The van der Waals surface area contributed by atoms with E-state index in [2.05, 4.69) is 5.01 Å². The van der Waals surface area contributed by atoms with Gasteiger partial charge >= 0.3 is 0 Å². The smallest absolute Gasteiger partial charge is 0.237 e. The van der Waals surface area contributed by atoms with Gasteiger partial charge in [0.05, 0.1) is 0 Å². The molecular formula is C10H18N2O2. The van der Waals surface area contributed by atoms with E-state index in [9.17, 15) is 4.79 Å². The van der Waals surface area contributed by atoms with Gasteiger partial charge in [-0.3, -0.25) is 9.80 Å². The Bertz CT molecular complexity index is 216. The van der Waals surface area contributed by atoms with Crippen LogP contribution in [0.5, 0.6) is 0 Å². The van der Waals surface area contributed by atoms with Crippen molar-refractivity contribution in [3.63, 3.8) is 0 Å². The van der Waals surface area contributed by atoms with Gasteiger partial charge < -0.3 is 5.11 Å². The van der Waals surface area contributed by atoms with Crippen molar-refractivity contribution in [3.05, 3.63) is 0 Å². The van der Waals surface area contributed by atoms with Crippen LogP contribution in [0.4, 0.5) is 0 Å². The normalized spacial score (nSPS) is 24.4. The Kier molecular flexibility index (Phi) is 3.03. The van der Waals surface area contributed by atoms with E-state index in [0.29, 0.717) is 12.5 Å². The standard InChI is InChI=1S/C10H18N2O2/c13-8-2-7-11-6-1-3-10(14)12(11)9-4-5-9/h9,13H,1-8H2. The van der Waals surface area contributed by atoms with Crippen LogP contribution < -0.4 is 0 Å². The number of hydrazine groups is 1. The SMILES string of the molecule is O=C1CCCN(CCCO)N1C1CC1. The molecule has 1 aliphatic heterocycles. The third-order valence-electron chi connectivity index (χ3n) is 2.83. The zero-order valence-electron chi connectivity index (χ0n) is 8.48. The average Bonchev–Trinajstić information content (AvgIpc) is 2.98. The molecule has 0 spiro atoms. The fourth-order valence-electron chi connectivity index (χ4n) is 2.02. The number of nitrogens with zero attached hydrogens (tertiary/aromatic N) is 2. The third kappa shape index (κ3) is 2.07. The van der Waals surface area contributed by atoms with E-state index in [4.69, 9.17) is 5.11 Å². The van der Waals surface area contributed by atoms with Crippen LogP contribution >= 0.6 is 0 Å². The molecule has 0 aromatic carbocycles. The molecule has 1 saturated heterocycles. The van der Waals surface area contributed by atoms with E-state index >= 15 is 0 Å². The summed E-state index contributed by atoms with van der Waals surface area (Å²) in [6.45, 7) is 2.00. The first-order chi connectivity index (χ1) is 6.83. The van der Waals surface area contributed by atoms with Crippen LogP contribution in [0.25, 0.3) is 0 Å². The molecule has 4 nitrogen and oxygen atoms in total. The van der Waals surface area contributed by atoms with Crippen molar-refractivity contribution in [3.8, 4) is 0 Å². The molecule has 2 rings (SSSR count). The second kappa shape index (κ2) is 4.28. The molecule has 0 unspecified atom stereocenters. The first-order valence-corrected chi connectivity index (χ1v) is 5.50. The first-order valence-electron chi connectivity index (χ1n) is 5.50. The molecule has 14 heavy (non-hydrogen) atoms. The van der Waals surface area contributed by atoms with Crippen molar-refractivity contribution in [1.29, 1.82) is 0 Å². The van der Waals surface area contributed by atoms with Crippen LogP contribution in [0.3, 0.4) is 0 Å². The first kappa shape index (κ1) is 9.93. The van der Waals surface area contributed by atoms with Gasteiger partial charge in [0.15, 0.2) is 0 Å². The highest BCUT2D eigenvalue weighted by molar-refractivity contribution is 5.77. The number of hydrogen-bond donors (Lipinski definition) is 1. The van der Waals surface area contributed by atoms with Crippen LogP contribution in [0, 0.1) is 0 Å². The second-order valence-electron chi connectivity index (χ2n) is 4.10. The highest BCUT2D eigenvalue weighted by Crippen LogP contribution is 2.31. The van der Waals surface area contributed by atoms with Gasteiger partial charge in [0, 0.05) is 32.2 Å². The number of rotatable bonds is 4. The molecule has 2 fully saturated rings. The number of amides is 1. The molecule has 0 radical (unpaired) electrons. The molecule has 1 amide bonds. The summed E-state index contributed by atoms with van der Waals surface area (Å²) in [5.74, 6) is 0.275. The Morgan fingerprint density at radius 3 is 2.86 bits per heavy atom. The Morgan fingerprint density at radius 1 is 1.43 bits per heavy atom. The summed E-state index contributed by atoms with van der Waals surface area (Å²) >= 11 is 0. The molecule has 1 aliphatic carbocycles. The number of hydrogen-bond acceptors (Lipinski definition) is 3. The largest absolute Gasteiger partial charge is 0.396 e. The fourth-order valence-corrected chi connectivity index (χ4v) is 2.02. The van der Waals surface area contributed by atoms with Gasteiger partial charge in [0.2, 0.25) is 5.91 Å². The van der Waals surface area contributed by atoms with Crippen LogP contribution in [0.2, 0.25) is 0 Å². The van der Waals surface area contributed by atoms with E-state index in [1.54, 1.807) is 0 Å².